The fourth-order valence-corrected chi connectivity index (χ4v) is 3.52. The molecule has 1 atom stereocenters. The minimum Gasteiger partial charge on any atom is -0.360 e. The Bertz CT molecular complexity index is 698. The van der Waals surface area contributed by atoms with Crippen LogP contribution in [0.5, 0.6) is 0 Å². The minimum absolute atomic E-state index is 0.0510. The number of rotatable bonds is 9. The van der Waals surface area contributed by atoms with Crippen LogP contribution in [0.3, 0.4) is 0 Å². The number of amides is 2. The Morgan fingerprint density at radius 2 is 1.93 bits per heavy atom. The molecule has 30 heavy (non-hydrogen) atoms. The molecule has 1 unspecified atom stereocenters. The number of hydrogen-bond acceptors (Lipinski definition) is 7. The second kappa shape index (κ2) is 12.2. The molecule has 2 amide bonds. The summed E-state index contributed by atoms with van der Waals surface area (Å²) in [6.07, 6.45) is 14.6. The highest BCUT2D eigenvalue weighted by Gasteiger charge is 2.15. The number of anilines is 1. The van der Waals surface area contributed by atoms with Gasteiger partial charge in [-0.15, -0.1) is 0 Å². The van der Waals surface area contributed by atoms with Crippen molar-refractivity contribution in [2.45, 2.75) is 57.7 Å². The van der Waals surface area contributed by atoms with E-state index < -0.39 is 5.91 Å². The molecule has 1 saturated carbocycles. The Balaban J connectivity index is 1.33. The lowest BCUT2D eigenvalue weighted by atomic mass is 9.89. The van der Waals surface area contributed by atoms with Crippen LogP contribution in [0.25, 0.3) is 6.08 Å². The van der Waals surface area contributed by atoms with Crippen LogP contribution in [0, 0.1) is 5.92 Å². The molecular weight excluding hydrogens is 386 g/mol. The molecule has 3 N–H and O–H groups in total. The zero-order chi connectivity index (χ0) is 21.0. The monoisotopic (exact) mass is 417 g/mol. The number of ether oxygens (including phenoxy) is 1. The average molecular weight is 418 g/mol. The first-order chi connectivity index (χ1) is 14.7. The van der Waals surface area contributed by atoms with E-state index >= 15 is 0 Å². The SMILES string of the molecule is O=C(C=Cc1cnc(NCC(=O)NCC2CCCCC2)cn1)NOC1CCCCO1. The maximum atomic E-state index is 12.0. The zero-order valence-electron chi connectivity index (χ0n) is 17.3. The summed E-state index contributed by atoms with van der Waals surface area (Å²) in [6.45, 7) is 1.54. The van der Waals surface area contributed by atoms with Crippen molar-refractivity contribution in [1.29, 1.82) is 0 Å². The van der Waals surface area contributed by atoms with Gasteiger partial charge in [-0.1, -0.05) is 19.3 Å². The van der Waals surface area contributed by atoms with E-state index in [1.807, 2.05) is 0 Å². The summed E-state index contributed by atoms with van der Waals surface area (Å²) in [7, 11) is 0. The number of nitrogens with zero attached hydrogens (tertiary/aromatic N) is 2. The van der Waals surface area contributed by atoms with Crippen LogP contribution in [-0.4, -0.2) is 47.8 Å². The van der Waals surface area contributed by atoms with Crippen LogP contribution < -0.4 is 16.1 Å². The molecule has 0 bridgehead atoms. The molecule has 1 aliphatic carbocycles. The van der Waals surface area contributed by atoms with Crippen LogP contribution in [0.15, 0.2) is 18.5 Å². The topological polar surface area (TPSA) is 114 Å². The Hall–Kier alpha value is -2.52. The van der Waals surface area contributed by atoms with E-state index in [0.29, 0.717) is 24.0 Å². The number of hydroxylamine groups is 1. The third kappa shape index (κ3) is 8.08. The molecule has 2 aliphatic rings. The van der Waals surface area contributed by atoms with Crippen LogP contribution in [0.2, 0.25) is 0 Å². The summed E-state index contributed by atoms with van der Waals surface area (Å²) in [5, 5.41) is 5.93. The number of carbonyl (C=O) groups excluding carboxylic acids is 2. The van der Waals surface area contributed by atoms with Gasteiger partial charge in [-0.25, -0.2) is 15.3 Å². The highest BCUT2D eigenvalue weighted by atomic mass is 16.8. The maximum Gasteiger partial charge on any atom is 0.267 e. The van der Waals surface area contributed by atoms with Crippen molar-refractivity contribution >= 4 is 23.7 Å². The first-order valence-electron chi connectivity index (χ1n) is 10.8. The first kappa shape index (κ1) is 22.2. The summed E-state index contributed by atoms with van der Waals surface area (Å²) >= 11 is 0. The molecule has 2 heterocycles. The van der Waals surface area contributed by atoms with E-state index in [1.165, 1.54) is 56.6 Å². The van der Waals surface area contributed by atoms with Crippen molar-refractivity contribution in [3.8, 4) is 0 Å². The zero-order valence-corrected chi connectivity index (χ0v) is 17.3. The normalized spacial score (nSPS) is 20.1. The molecule has 0 spiro atoms. The van der Waals surface area contributed by atoms with Crippen molar-refractivity contribution < 1.29 is 19.2 Å². The van der Waals surface area contributed by atoms with Gasteiger partial charge in [0.25, 0.3) is 5.91 Å². The van der Waals surface area contributed by atoms with Crippen LogP contribution in [-0.2, 0) is 19.2 Å². The lowest BCUT2D eigenvalue weighted by Gasteiger charge is -2.21. The fourth-order valence-electron chi connectivity index (χ4n) is 3.52. The van der Waals surface area contributed by atoms with Gasteiger partial charge in [-0.05, 0) is 37.7 Å². The molecule has 0 aromatic carbocycles. The molecule has 0 radical (unpaired) electrons. The van der Waals surface area contributed by atoms with E-state index in [1.54, 1.807) is 0 Å². The van der Waals surface area contributed by atoms with Gasteiger partial charge in [0.05, 0.1) is 24.6 Å². The Kier molecular flexibility index (Phi) is 9.04. The van der Waals surface area contributed by atoms with Crippen molar-refractivity contribution in [1.82, 2.24) is 20.8 Å². The molecule has 1 aromatic rings. The van der Waals surface area contributed by atoms with Gasteiger partial charge in [0.2, 0.25) is 5.91 Å². The Morgan fingerprint density at radius 1 is 1.10 bits per heavy atom. The van der Waals surface area contributed by atoms with Gasteiger partial charge in [-0.3, -0.25) is 14.6 Å². The maximum absolute atomic E-state index is 12.0. The van der Waals surface area contributed by atoms with Crippen LogP contribution in [0.1, 0.15) is 57.1 Å². The molecule has 1 saturated heterocycles. The summed E-state index contributed by atoms with van der Waals surface area (Å²) in [5.74, 6) is 0.654. The van der Waals surface area contributed by atoms with E-state index in [4.69, 9.17) is 9.57 Å². The highest BCUT2D eigenvalue weighted by Crippen LogP contribution is 2.22. The number of hydrogen-bond donors (Lipinski definition) is 3. The highest BCUT2D eigenvalue weighted by molar-refractivity contribution is 5.90. The summed E-state index contributed by atoms with van der Waals surface area (Å²) in [6, 6.07) is 0. The fraction of sp³-hybridized carbons (Fsp3) is 0.619. The summed E-state index contributed by atoms with van der Waals surface area (Å²) < 4.78 is 5.37. The van der Waals surface area contributed by atoms with E-state index in [2.05, 4.69) is 26.1 Å². The van der Waals surface area contributed by atoms with Crippen molar-refractivity contribution in [3.05, 3.63) is 24.2 Å². The van der Waals surface area contributed by atoms with Gasteiger partial charge < -0.3 is 15.4 Å². The lowest BCUT2D eigenvalue weighted by molar-refractivity contribution is -0.198. The van der Waals surface area contributed by atoms with Crippen molar-refractivity contribution in [3.63, 3.8) is 0 Å². The van der Waals surface area contributed by atoms with Crippen molar-refractivity contribution in [2.24, 2.45) is 5.92 Å². The van der Waals surface area contributed by atoms with E-state index in [0.717, 1.165) is 25.8 Å². The standard InChI is InChI=1S/C21H31N5O4/c27-19(26-30-21-8-4-5-11-29-21)10-9-17-13-23-18(14-22-17)24-15-20(28)25-12-16-6-2-1-3-7-16/h9-10,13-14,16,21H,1-8,11-12,15H2,(H,23,24)(H,25,28)(H,26,27). The largest absolute Gasteiger partial charge is 0.360 e. The minimum atomic E-state index is -0.400. The Labute approximate surface area is 177 Å². The molecule has 3 rings (SSSR count). The van der Waals surface area contributed by atoms with Gasteiger partial charge in [-0.2, -0.15) is 0 Å². The number of aromatic nitrogens is 2. The molecule has 1 aromatic heterocycles. The summed E-state index contributed by atoms with van der Waals surface area (Å²) in [4.78, 5) is 37.4. The second-order valence-electron chi connectivity index (χ2n) is 7.70. The number of nitrogens with one attached hydrogen (secondary N) is 3. The van der Waals surface area contributed by atoms with Gasteiger partial charge in [0.1, 0.15) is 5.82 Å². The first-order valence-corrected chi connectivity index (χ1v) is 10.8. The smallest absolute Gasteiger partial charge is 0.267 e. The second-order valence-corrected chi connectivity index (χ2v) is 7.70. The lowest BCUT2D eigenvalue weighted by Crippen LogP contribution is -2.34. The number of carbonyl (C=O) groups is 2. The van der Waals surface area contributed by atoms with Gasteiger partial charge in [0.15, 0.2) is 6.29 Å². The molecule has 164 valence electrons. The third-order valence-electron chi connectivity index (χ3n) is 5.25. The van der Waals surface area contributed by atoms with Crippen LogP contribution >= 0.6 is 0 Å². The third-order valence-corrected chi connectivity index (χ3v) is 5.25. The quantitative estimate of drug-likeness (QED) is 0.417. The van der Waals surface area contributed by atoms with Crippen LogP contribution in [0.4, 0.5) is 5.82 Å². The predicted octanol–water partition coefficient (Wildman–Crippen LogP) is 2.17. The van der Waals surface area contributed by atoms with E-state index in [9.17, 15) is 9.59 Å². The molecular formula is C21H31N5O4. The predicted molar refractivity (Wildman–Crippen MR) is 112 cm³/mol. The van der Waals surface area contributed by atoms with Gasteiger partial charge >= 0.3 is 0 Å². The average Bonchev–Trinajstić information content (AvgIpc) is 2.80. The van der Waals surface area contributed by atoms with Crippen molar-refractivity contribution in [2.75, 3.05) is 25.0 Å². The Morgan fingerprint density at radius 3 is 2.67 bits per heavy atom. The molecule has 9 nitrogen and oxygen atoms in total. The summed E-state index contributed by atoms with van der Waals surface area (Å²) in [5.41, 5.74) is 2.87. The molecule has 9 heteroatoms. The molecule has 2 fully saturated rings. The van der Waals surface area contributed by atoms with Gasteiger partial charge in [0, 0.05) is 25.6 Å². The molecule has 1 aliphatic heterocycles. The van der Waals surface area contributed by atoms with E-state index in [-0.39, 0.29) is 18.7 Å².